The standard InChI is InChI=1S/C17H26ClFN2/c1-4-15-10-20-17(5-2,6-3)12-21(15)11-13-9-14(18)7-8-16(13)19/h7-9,15,20H,4-6,10-12H2,1-3H3. The van der Waals surface area contributed by atoms with E-state index in [-0.39, 0.29) is 11.4 Å². The summed E-state index contributed by atoms with van der Waals surface area (Å²) in [5, 5.41) is 4.32. The lowest BCUT2D eigenvalue weighted by Gasteiger charge is -2.47. The predicted molar refractivity (Wildman–Crippen MR) is 87.2 cm³/mol. The number of nitrogens with one attached hydrogen (secondary N) is 1. The molecule has 1 aromatic carbocycles. The van der Waals surface area contributed by atoms with Gasteiger partial charge in [-0.2, -0.15) is 0 Å². The van der Waals surface area contributed by atoms with Gasteiger partial charge in [0.1, 0.15) is 5.82 Å². The van der Waals surface area contributed by atoms with Crippen molar-refractivity contribution in [2.24, 2.45) is 0 Å². The van der Waals surface area contributed by atoms with Gasteiger partial charge in [-0.1, -0.05) is 32.4 Å². The van der Waals surface area contributed by atoms with Crippen LogP contribution in [0.5, 0.6) is 0 Å². The van der Waals surface area contributed by atoms with E-state index in [2.05, 4.69) is 31.0 Å². The van der Waals surface area contributed by atoms with Gasteiger partial charge in [0, 0.05) is 41.8 Å². The number of piperazine rings is 1. The van der Waals surface area contributed by atoms with Crippen molar-refractivity contribution in [1.29, 1.82) is 0 Å². The van der Waals surface area contributed by atoms with E-state index in [1.807, 2.05) is 0 Å². The van der Waals surface area contributed by atoms with Gasteiger partial charge in [-0.15, -0.1) is 0 Å². The maximum Gasteiger partial charge on any atom is 0.127 e. The lowest BCUT2D eigenvalue weighted by atomic mass is 9.88. The molecule has 1 fully saturated rings. The average Bonchev–Trinajstić information content (AvgIpc) is 2.51. The van der Waals surface area contributed by atoms with Crippen molar-refractivity contribution in [2.75, 3.05) is 13.1 Å². The van der Waals surface area contributed by atoms with Crippen LogP contribution in [-0.2, 0) is 6.54 Å². The molecule has 0 aliphatic carbocycles. The molecule has 1 N–H and O–H groups in total. The van der Waals surface area contributed by atoms with Crippen molar-refractivity contribution in [3.8, 4) is 0 Å². The highest BCUT2D eigenvalue weighted by molar-refractivity contribution is 6.30. The fourth-order valence-electron chi connectivity index (χ4n) is 3.23. The normalized spacial score (nSPS) is 22.4. The van der Waals surface area contributed by atoms with E-state index in [0.29, 0.717) is 23.2 Å². The Balaban J connectivity index is 2.19. The Bertz CT molecular complexity index is 474. The van der Waals surface area contributed by atoms with Crippen LogP contribution in [0.2, 0.25) is 5.02 Å². The fourth-order valence-corrected chi connectivity index (χ4v) is 3.43. The van der Waals surface area contributed by atoms with E-state index in [9.17, 15) is 4.39 Å². The second kappa shape index (κ2) is 7.08. The molecule has 0 bridgehead atoms. The summed E-state index contributed by atoms with van der Waals surface area (Å²) in [6.45, 7) is 9.21. The van der Waals surface area contributed by atoms with Crippen LogP contribution >= 0.6 is 11.6 Å². The Kier molecular flexibility index (Phi) is 5.64. The van der Waals surface area contributed by atoms with Crippen molar-refractivity contribution in [3.05, 3.63) is 34.6 Å². The molecule has 2 nitrogen and oxygen atoms in total. The molecule has 0 spiro atoms. The minimum atomic E-state index is -0.161. The maximum atomic E-state index is 14.0. The van der Waals surface area contributed by atoms with Crippen LogP contribution in [0, 0.1) is 5.82 Å². The first-order valence-corrected chi connectivity index (χ1v) is 8.34. The quantitative estimate of drug-likeness (QED) is 0.875. The van der Waals surface area contributed by atoms with Gasteiger partial charge >= 0.3 is 0 Å². The Morgan fingerprint density at radius 2 is 2.05 bits per heavy atom. The summed E-state index contributed by atoms with van der Waals surface area (Å²) < 4.78 is 14.0. The third-order valence-corrected chi connectivity index (χ3v) is 5.18. The van der Waals surface area contributed by atoms with Gasteiger partial charge in [0.25, 0.3) is 0 Å². The first-order chi connectivity index (χ1) is 10.0. The van der Waals surface area contributed by atoms with E-state index in [0.717, 1.165) is 32.4 Å². The molecule has 1 atom stereocenters. The van der Waals surface area contributed by atoms with E-state index in [1.54, 1.807) is 12.1 Å². The molecular weight excluding hydrogens is 287 g/mol. The molecule has 2 rings (SSSR count). The highest BCUT2D eigenvalue weighted by Gasteiger charge is 2.36. The van der Waals surface area contributed by atoms with Crippen molar-refractivity contribution in [1.82, 2.24) is 10.2 Å². The largest absolute Gasteiger partial charge is 0.308 e. The molecule has 1 saturated heterocycles. The van der Waals surface area contributed by atoms with Gasteiger partial charge in [0.15, 0.2) is 0 Å². The van der Waals surface area contributed by atoms with Crippen LogP contribution in [0.25, 0.3) is 0 Å². The number of benzene rings is 1. The highest BCUT2D eigenvalue weighted by Crippen LogP contribution is 2.26. The Morgan fingerprint density at radius 1 is 1.33 bits per heavy atom. The molecule has 21 heavy (non-hydrogen) atoms. The number of rotatable bonds is 5. The van der Waals surface area contributed by atoms with E-state index in [4.69, 9.17) is 11.6 Å². The van der Waals surface area contributed by atoms with Gasteiger partial charge < -0.3 is 5.32 Å². The zero-order valence-electron chi connectivity index (χ0n) is 13.3. The van der Waals surface area contributed by atoms with E-state index < -0.39 is 0 Å². The Morgan fingerprint density at radius 3 is 2.67 bits per heavy atom. The van der Waals surface area contributed by atoms with Crippen LogP contribution in [0.3, 0.4) is 0 Å². The Labute approximate surface area is 132 Å². The molecule has 4 heteroatoms. The second-order valence-corrected chi connectivity index (χ2v) is 6.51. The summed E-state index contributed by atoms with van der Waals surface area (Å²) in [4.78, 5) is 2.41. The smallest absolute Gasteiger partial charge is 0.127 e. The number of halogens is 2. The number of hydrogen-bond acceptors (Lipinski definition) is 2. The number of hydrogen-bond donors (Lipinski definition) is 1. The summed E-state index contributed by atoms with van der Waals surface area (Å²) in [5.41, 5.74) is 0.852. The summed E-state index contributed by atoms with van der Waals surface area (Å²) in [7, 11) is 0. The van der Waals surface area contributed by atoms with Crippen LogP contribution < -0.4 is 5.32 Å². The molecular formula is C17H26ClFN2. The minimum Gasteiger partial charge on any atom is -0.308 e. The van der Waals surface area contributed by atoms with E-state index in [1.165, 1.54) is 6.07 Å². The van der Waals surface area contributed by atoms with Crippen molar-refractivity contribution >= 4 is 11.6 Å². The topological polar surface area (TPSA) is 15.3 Å². The van der Waals surface area contributed by atoms with Crippen LogP contribution in [-0.4, -0.2) is 29.6 Å². The zero-order chi connectivity index (χ0) is 15.5. The molecule has 1 aliphatic heterocycles. The molecule has 1 heterocycles. The SMILES string of the molecule is CCC1CNC(CC)(CC)CN1Cc1cc(Cl)ccc1F. The third kappa shape index (κ3) is 3.77. The average molecular weight is 313 g/mol. The summed E-state index contributed by atoms with van der Waals surface area (Å²) in [5.74, 6) is -0.161. The highest BCUT2D eigenvalue weighted by atomic mass is 35.5. The fraction of sp³-hybridized carbons (Fsp3) is 0.647. The Hall–Kier alpha value is -0.640. The van der Waals surface area contributed by atoms with Gasteiger partial charge in [-0.05, 0) is 37.5 Å². The monoisotopic (exact) mass is 312 g/mol. The molecule has 0 aromatic heterocycles. The van der Waals surface area contributed by atoms with Crippen LogP contribution in [0.4, 0.5) is 4.39 Å². The van der Waals surface area contributed by atoms with Crippen molar-refractivity contribution in [3.63, 3.8) is 0 Å². The summed E-state index contributed by atoms with van der Waals surface area (Å²) >= 11 is 6.02. The molecule has 0 amide bonds. The van der Waals surface area contributed by atoms with Gasteiger partial charge in [0.2, 0.25) is 0 Å². The zero-order valence-corrected chi connectivity index (χ0v) is 14.0. The lowest BCUT2D eigenvalue weighted by Crippen LogP contribution is -2.63. The molecule has 1 aromatic rings. The van der Waals surface area contributed by atoms with Gasteiger partial charge in [0.05, 0.1) is 0 Å². The lowest BCUT2D eigenvalue weighted by molar-refractivity contribution is 0.0635. The molecule has 0 radical (unpaired) electrons. The number of nitrogens with zero attached hydrogens (tertiary/aromatic N) is 1. The molecule has 118 valence electrons. The first-order valence-electron chi connectivity index (χ1n) is 7.96. The van der Waals surface area contributed by atoms with Gasteiger partial charge in [-0.3, -0.25) is 4.90 Å². The molecule has 1 unspecified atom stereocenters. The summed E-state index contributed by atoms with van der Waals surface area (Å²) in [6, 6.07) is 5.28. The van der Waals surface area contributed by atoms with Gasteiger partial charge in [-0.25, -0.2) is 4.39 Å². The van der Waals surface area contributed by atoms with Crippen molar-refractivity contribution < 1.29 is 4.39 Å². The first kappa shape index (κ1) is 16.7. The minimum absolute atomic E-state index is 0.153. The maximum absolute atomic E-state index is 14.0. The van der Waals surface area contributed by atoms with Crippen LogP contribution in [0.1, 0.15) is 45.6 Å². The molecule has 0 saturated carbocycles. The van der Waals surface area contributed by atoms with E-state index >= 15 is 0 Å². The summed E-state index contributed by atoms with van der Waals surface area (Å²) in [6.07, 6.45) is 3.25. The van der Waals surface area contributed by atoms with Crippen molar-refractivity contribution in [2.45, 2.75) is 58.2 Å². The third-order valence-electron chi connectivity index (χ3n) is 4.94. The predicted octanol–water partition coefficient (Wildman–Crippen LogP) is 4.22. The molecule has 1 aliphatic rings. The second-order valence-electron chi connectivity index (χ2n) is 6.07. The van der Waals surface area contributed by atoms with Crippen LogP contribution in [0.15, 0.2) is 18.2 Å².